The van der Waals surface area contributed by atoms with Crippen LogP contribution in [0.3, 0.4) is 0 Å². The normalized spacial score (nSPS) is 12.6. The number of hydrogen-bond donors (Lipinski definition) is 2. The Morgan fingerprint density at radius 2 is 2.00 bits per heavy atom. The zero-order chi connectivity index (χ0) is 8.27. The minimum Gasteiger partial charge on any atom is -0.388 e. The fraction of sp³-hybridized carbons (Fsp3) is 0.333. The first kappa shape index (κ1) is 8.08. The quantitative estimate of drug-likeness (QED) is 0.674. The van der Waals surface area contributed by atoms with Crippen LogP contribution in [0.5, 0.6) is 0 Å². The molecular formula is C9H14N2. The monoisotopic (exact) mass is 150 g/mol. The van der Waals surface area contributed by atoms with Crippen LogP contribution in [0.15, 0.2) is 24.3 Å². The van der Waals surface area contributed by atoms with Crippen molar-refractivity contribution in [1.82, 2.24) is 0 Å². The minimum atomic E-state index is 0.0960. The highest BCUT2D eigenvalue weighted by molar-refractivity contribution is 5.51. The maximum Gasteiger partial charge on any atom is 0.0385 e. The summed E-state index contributed by atoms with van der Waals surface area (Å²) in [5.74, 6) is 0. The van der Waals surface area contributed by atoms with Crippen molar-refractivity contribution >= 4 is 5.69 Å². The molecule has 0 heterocycles. The van der Waals surface area contributed by atoms with Crippen LogP contribution in [0.25, 0.3) is 0 Å². The molecule has 0 aliphatic heterocycles. The average Bonchev–Trinajstić information content (AvgIpc) is 2.04. The standard InChI is InChI=1S/C9H14N2/c1-7(10)8-5-3-4-6-9(8)11-2/h3-7,11H,10H2,1-2H3/t7-/m1/s1. The second kappa shape index (κ2) is 3.39. The molecule has 0 aliphatic rings. The first-order valence-electron chi connectivity index (χ1n) is 3.78. The van der Waals surface area contributed by atoms with Gasteiger partial charge in [-0.2, -0.15) is 0 Å². The minimum absolute atomic E-state index is 0.0960. The first-order valence-corrected chi connectivity index (χ1v) is 3.78. The Bertz CT molecular complexity index is 231. The fourth-order valence-electron chi connectivity index (χ4n) is 1.12. The van der Waals surface area contributed by atoms with E-state index in [9.17, 15) is 0 Å². The Morgan fingerprint density at radius 3 is 2.45 bits per heavy atom. The van der Waals surface area contributed by atoms with Crippen molar-refractivity contribution in [2.24, 2.45) is 5.73 Å². The Morgan fingerprint density at radius 1 is 1.36 bits per heavy atom. The van der Waals surface area contributed by atoms with E-state index < -0.39 is 0 Å². The third-order valence-corrected chi connectivity index (χ3v) is 1.72. The van der Waals surface area contributed by atoms with Gasteiger partial charge in [-0.25, -0.2) is 0 Å². The Balaban J connectivity index is 3.02. The van der Waals surface area contributed by atoms with Crippen molar-refractivity contribution in [2.45, 2.75) is 13.0 Å². The first-order chi connectivity index (χ1) is 5.25. The van der Waals surface area contributed by atoms with Gasteiger partial charge in [0.25, 0.3) is 0 Å². The zero-order valence-corrected chi connectivity index (χ0v) is 6.96. The predicted octanol–water partition coefficient (Wildman–Crippen LogP) is 1.75. The molecule has 60 valence electrons. The number of nitrogens with two attached hydrogens (primary N) is 1. The van der Waals surface area contributed by atoms with E-state index >= 15 is 0 Å². The SMILES string of the molecule is CNc1ccccc1[C@@H](C)N. The van der Waals surface area contributed by atoms with E-state index in [2.05, 4.69) is 5.32 Å². The molecule has 1 aromatic rings. The summed E-state index contributed by atoms with van der Waals surface area (Å²) < 4.78 is 0. The molecule has 1 rings (SSSR count). The molecule has 3 N–H and O–H groups in total. The number of benzene rings is 1. The van der Waals surface area contributed by atoms with E-state index in [1.54, 1.807) is 0 Å². The maximum absolute atomic E-state index is 5.75. The summed E-state index contributed by atoms with van der Waals surface area (Å²) >= 11 is 0. The van der Waals surface area contributed by atoms with Gasteiger partial charge in [-0.15, -0.1) is 0 Å². The van der Waals surface area contributed by atoms with Crippen LogP contribution in [0.4, 0.5) is 5.69 Å². The van der Waals surface area contributed by atoms with Gasteiger partial charge in [-0.3, -0.25) is 0 Å². The second-order valence-corrected chi connectivity index (χ2v) is 2.63. The molecule has 11 heavy (non-hydrogen) atoms. The summed E-state index contributed by atoms with van der Waals surface area (Å²) in [5, 5.41) is 3.10. The van der Waals surface area contributed by atoms with Crippen molar-refractivity contribution in [3.8, 4) is 0 Å². The van der Waals surface area contributed by atoms with E-state index in [0.717, 1.165) is 11.3 Å². The van der Waals surface area contributed by atoms with Crippen LogP contribution in [0.2, 0.25) is 0 Å². The second-order valence-electron chi connectivity index (χ2n) is 2.63. The molecule has 0 radical (unpaired) electrons. The van der Waals surface area contributed by atoms with Gasteiger partial charge in [0.15, 0.2) is 0 Å². The van der Waals surface area contributed by atoms with Crippen LogP contribution in [0.1, 0.15) is 18.5 Å². The van der Waals surface area contributed by atoms with Crippen molar-refractivity contribution in [1.29, 1.82) is 0 Å². The lowest BCUT2D eigenvalue weighted by Gasteiger charge is -2.10. The molecule has 2 heteroatoms. The molecule has 1 aromatic carbocycles. The summed E-state index contributed by atoms with van der Waals surface area (Å²) in [6.45, 7) is 1.98. The van der Waals surface area contributed by atoms with E-state index in [1.165, 1.54) is 0 Å². The molecule has 0 unspecified atom stereocenters. The van der Waals surface area contributed by atoms with Crippen LogP contribution < -0.4 is 11.1 Å². The molecule has 0 amide bonds. The third kappa shape index (κ3) is 1.71. The predicted molar refractivity (Wildman–Crippen MR) is 48.6 cm³/mol. The van der Waals surface area contributed by atoms with E-state index in [4.69, 9.17) is 5.73 Å². The number of rotatable bonds is 2. The molecule has 1 atom stereocenters. The van der Waals surface area contributed by atoms with Gasteiger partial charge in [-0.05, 0) is 18.6 Å². The molecular weight excluding hydrogens is 136 g/mol. The number of nitrogens with one attached hydrogen (secondary N) is 1. The summed E-state index contributed by atoms with van der Waals surface area (Å²) in [4.78, 5) is 0. The van der Waals surface area contributed by atoms with Crippen molar-refractivity contribution in [3.63, 3.8) is 0 Å². The highest BCUT2D eigenvalue weighted by atomic mass is 14.8. The molecule has 0 saturated carbocycles. The Labute approximate surface area is 67.4 Å². The lowest BCUT2D eigenvalue weighted by atomic mass is 10.1. The summed E-state index contributed by atoms with van der Waals surface area (Å²) in [5.41, 5.74) is 8.03. The molecule has 2 nitrogen and oxygen atoms in total. The van der Waals surface area contributed by atoms with Gasteiger partial charge in [0, 0.05) is 18.8 Å². The van der Waals surface area contributed by atoms with Gasteiger partial charge in [0.1, 0.15) is 0 Å². The maximum atomic E-state index is 5.75. The van der Waals surface area contributed by atoms with Crippen LogP contribution in [-0.4, -0.2) is 7.05 Å². The third-order valence-electron chi connectivity index (χ3n) is 1.72. The molecule has 0 aromatic heterocycles. The molecule has 0 spiro atoms. The van der Waals surface area contributed by atoms with Gasteiger partial charge in [0.05, 0.1) is 0 Å². The van der Waals surface area contributed by atoms with E-state index in [1.807, 2.05) is 38.2 Å². The van der Waals surface area contributed by atoms with Crippen LogP contribution in [0, 0.1) is 0 Å². The van der Waals surface area contributed by atoms with Gasteiger partial charge in [-0.1, -0.05) is 18.2 Å². The van der Waals surface area contributed by atoms with Crippen molar-refractivity contribution in [3.05, 3.63) is 29.8 Å². The lowest BCUT2D eigenvalue weighted by molar-refractivity contribution is 0.820. The van der Waals surface area contributed by atoms with Gasteiger partial charge >= 0.3 is 0 Å². The number of hydrogen-bond acceptors (Lipinski definition) is 2. The van der Waals surface area contributed by atoms with Crippen molar-refractivity contribution < 1.29 is 0 Å². The summed E-state index contributed by atoms with van der Waals surface area (Å²) in [6, 6.07) is 8.16. The Hall–Kier alpha value is -1.02. The summed E-state index contributed by atoms with van der Waals surface area (Å²) in [7, 11) is 1.90. The zero-order valence-electron chi connectivity index (χ0n) is 6.96. The van der Waals surface area contributed by atoms with E-state index in [-0.39, 0.29) is 6.04 Å². The topological polar surface area (TPSA) is 38.0 Å². The fourth-order valence-corrected chi connectivity index (χ4v) is 1.12. The van der Waals surface area contributed by atoms with E-state index in [0.29, 0.717) is 0 Å². The average molecular weight is 150 g/mol. The van der Waals surface area contributed by atoms with Crippen LogP contribution in [-0.2, 0) is 0 Å². The highest BCUT2D eigenvalue weighted by Crippen LogP contribution is 2.19. The number of para-hydroxylation sites is 1. The van der Waals surface area contributed by atoms with Gasteiger partial charge < -0.3 is 11.1 Å². The molecule has 0 saturated heterocycles. The lowest BCUT2D eigenvalue weighted by Crippen LogP contribution is -2.07. The Kier molecular flexibility index (Phi) is 2.49. The molecule has 0 aliphatic carbocycles. The molecule has 0 fully saturated rings. The van der Waals surface area contributed by atoms with Crippen molar-refractivity contribution in [2.75, 3.05) is 12.4 Å². The largest absolute Gasteiger partial charge is 0.388 e. The highest BCUT2D eigenvalue weighted by Gasteiger charge is 2.02. The summed E-state index contributed by atoms with van der Waals surface area (Å²) in [6.07, 6.45) is 0. The smallest absolute Gasteiger partial charge is 0.0385 e. The van der Waals surface area contributed by atoms with Crippen LogP contribution >= 0.6 is 0 Å². The molecule has 0 bridgehead atoms. The van der Waals surface area contributed by atoms with Gasteiger partial charge in [0.2, 0.25) is 0 Å². The number of anilines is 1.